The Bertz CT molecular complexity index is 1130. The summed E-state index contributed by atoms with van der Waals surface area (Å²) in [5, 5.41) is 10.5. The highest BCUT2D eigenvalue weighted by molar-refractivity contribution is 7.20. The van der Waals surface area contributed by atoms with Crippen LogP contribution in [0.2, 0.25) is 0 Å². The summed E-state index contributed by atoms with van der Waals surface area (Å²) >= 11 is 2.71. The van der Waals surface area contributed by atoms with Crippen molar-refractivity contribution in [2.75, 3.05) is 12.4 Å². The van der Waals surface area contributed by atoms with E-state index in [2.05, 4.69) is 25.1 Å². The van der Waals surface area contributed by atoms with Crippen LogP contribution in [0.5, 0.6) is 0 Å². The van der Waals surface area contributed by atoms with E-state index in [0.717, 1.165) is 21.5 Å². The van der Waals surface area contributed by atoms with E-state index in [1.165, 1.54) is 29.8 Å². The average Bonchev–Trinajstić information content (AvgIpc) is 3.40. The Labute approximate surface area is 161 Å². The molecule has 0 aliphatic heterocycles. The lowest BCUT2D eigenvalue weighted by Crippen LogP contribution is -2.09. The molecule has 27 heavy (non-hydrogen) atoms. The van der Waals surface area contributed by atoms with Crippen molar-refractivity contribution in [3.05, 3.63) is 40.0 Å². The van der Waals surface area contributed by atoms with Gasteiger partial charge >= 0.3 is 5.97 Å². The number of hydrogen-bond donors (Lipinski definition) is 2. The largest absolute Gasteiger partial charge is 0.464 e. The van der Waals surface area contributed by atoms with Crippen LogP contribution in [-0.2, 0) is 11.8 Å². The molecule has 0 aliphatic carbocycles. The first-order valence-electron chi connectivity index (χ1n) is 7.93. The molecule has 0 aromatic carbocycles. The second-order valence-electron chi connectivity index (χ2n) is 5.82. The van der Waals surface area contributed by atoms with Crippen molar-refractivity contribution in [2.45, 2.75) is 6.92 Å². The molecule has 0 atom stereocenters. The molecule has 0 fully saturated rings. The number of aryl methyl sites for hydroxylation is 2. The zero-order valence-corrected chi connectivity index (χ0v) is 16.3. The van der Waals surface area contributed by atoms with Gasteiger partial charge in [0.25, 0.3) is 5.91 Å². The molecule has 0 unspecified atom stereocenters. The molecule has 138 valence electrons. The van der Waals surface area contributed by atoms with Gasteiger partial charge in [-0.3, -0.25) is 14.8 Å². The third-order valence-electron chi connectivity index (χ3n) is 4.03. The average molecular weight is 401 g/mol. The summed E-state index contributed by atoms with van der Waals surface area (Å²) in [4.78, 5) is 32.9. The van der Waals surface area contributed by atoms with Gasteiger partial charge in [0.1, 0.15) is 10.5 Å². The quantitative estimate of drug-likeness (QED) is 0.510. The topological polar surface area (TPSA) is 102 Å². The Hall–Kier alpha value is -2.98. The highest BCUT2D eigenvalue weighted by Crippen LogP contribution is 2.30. The lowest BCUT2D eigenvalue weighted by molar-refractivity contribution is 0.0594. The number of carbonyl (C=O) groups is 2. The van der Waals surface area contributed by atoms with Crippen molar-refractivity contribution in [1.29, 1.82) is 0 Å². The van der Waals surface area contributed by atoms with Gasteiger partial charge in [-0.25, -0.2) is 9.78 Å². The molecule has 0 spiro atoms. The Morgan fingerprint density at radius 2 is 2.15 bits per heavy atom. The van der Waals surface area contributed by atoms with Gasteiger partial charge in [0.15, 0.2) is 5.13 Å². The molecule has 0 saturated heterocycles. The fourth-order valence-corrected chi connectivity index (χ4v) is 4.44. The van der Waals surface area contributed by atoms with Crippen LogP contribution >= 0.6 is 22.7 Å². The standard InChI is InChI=1S/C17H15N5O3S2/c1-8-10-5-13(27-15(10)22(2)21-8)14(23)20-17-19-12(7-26-17)9-4-11(18-6-9)16(24)25-3/h4-7,18H,1-3H3,(H,19,20,23). The molecular formula is C17H15N5O3S2. The van der Waals surface area contributed by atoms with Crippen LogP contribution in [0.3, 0.4) is 0 Å². The molecule has 8 nitrogen and oxygen atoms in total. The summed E-state index contributed by atoms with van der Waals surface area (Å²) in [6.07, 6.45) is 1.68. The third-order valence-corrected chi connectivity index (χ3v) is 5.99. The predicted octanol–water partition coefficient (Wildman–Crippen LogP) is 3.43. The molecule has 2 N–H and O–H groups in total. The minimum Gasteiger partial charge on any atom is -0.464 e. The van der Waals surface area contributed by atoms with Gasteiger partial charge in [0, 0.05) is 29.6 Å². The number of aromatic nitrogens is 4. The van der Waals surface area contributed by atoms with Crippen LogP contribution in [-0.4, -0.2) is 38.7 Å². The van der Waals surface area contributed by atoms with E-state index >= 15 is 0 Å². The van der Waals surface area contributed by atoms with Gasteiger partial charge in [-0.15, -0.1) is 22.7 Å². The molecule has 4 heterocycles. The summed E-state index contributed by atoms with van der Waals surface area (Å²) in [6.45, 7) is 1.92. The number of thiophene rings is 1. The molecule has 0 bridgehead atoms. The number of carbonyl (C=O) groups excluding carboxylic acids is 2. The van der Waals surface area contributed by atoms with E-state index in [1.807, 2.05) is 25.4 Å². The van der Waals surface area contributed by atoms with Crippen LogP contribution in [0.4, 0.5) is 5.13 Å². The number of aromatic amines is 1. The lowest BCUT2D eigenvalue weighted by atomic mass is 10.2. The summed E-state index contributed by atoms with van der Waals surface area (Å²) in [6, 6.07) is 3.51. The van der Waals surface area contributed by atoms with Crippen LogP contribution in [0.25, 0.3) is 21.5 Å². The number of H-pyrrole nitrogens is 1. The lowest BCUT2D eigenvalue weighted by Gasteiger charge is -1.98. The first-order chi connectivity index (χ1) is 13.0. The Morgan fingerprint density at radius 1 is 1.33 bits per heavy atom. The summed E-state index contributed by atoms with van der Waals surface area (Å²) in [7, 11) is 3.19. The Kier molecular flexibility index (Phi) is 4.28. The van der Waals surface area contributed by atoms with Gasteiger partial charge in [-0.05, 0) is 19.1 Å². The summed E-state index contributed by atoms with van der Waals surface area (Å²) in [5.74, 6) is -0.652. The number of nitrogens with one attached hydrogen (secondary N) is 2. The van der Waals surface area contributed by atoms with Gasteiger partial charge in [0.2, 0.25) is 0 Å². The SMILES string of the molecule is COC(=O)c1cc(-c2csc(NC(=O)c3cc4c(C)nn(C)c4s3)n2)c[nH]1. The Morgan fingerprint density at radius 3 is 2.89 bits per heavy atom. The van der Waals surface area contributed by atoms with Gasteiger partial charge in [-0.2, -0.15) is 5.10 Å². The number of rotatable bonds is 4. The van der Waals surface area contributed by atoms with E-state index < -0.39 is 5.97 Å². The fourth-order valence-electron chi connectivity index (χ4n) is 2.71. The van der Waals surface area contributed by atoms with Crippen LogP contribution < -0.4 is 5.32 Å². The summed E-state index contributed by atoms with van der Waals surface area (Å²) < 4.78 is 6.45. The number of methoxy groups -OCH3 is 1. The third kappa shape index (κ3) is 3.13. The number of anilines is 1. The zero-order chi connectivity index (χ0) is 19.1. The maximum atomic E-state index is 12.6. The molecule has 0 radical (unpaired) electrons. The normalized spacial score (nSPS) is 11.1. The van der Waals surface area contributed by atoms with Gasteiger partial charge < -0.3 is 9.72 Å². The molecule has 1 amide bonds. The highest BCUT2D eigenvalue weighted by atomic mass is 32.1. The second kappa shape index (κ2) is 6.63. The molecule has 4 rings (SSSR count). The van der Waals surface area contributed by atoms with Crippen molar-refractivity contribution in [3.63, 3.8) is 0 Å². The highest BCUT2D eigenvalue weighted by Gasteiger charge is 2.17. The number of esters is 1. The molecule has 10 heteroatoms. The summed E-state index contributed by atoms with van der Waals surface area (Å²) in [5.41, 5.74) is 2.65. The van der Waals surface area contributed by atoms with Crippen LogP contribution in [0.15, 0.2) is 23.7 Å². The van der Waals surface area contributed by atoms with E-state index in [-0.39, 0.29) is 5.91 Å². The molecule has 0 aliphatic rings. The number of nitrogens with zero attached hydrogens (tertiary/aromatic N) is 3. The maximum Gasteiger partial charge on any atom is 0.354 e. The first kappa shape index (κ1) is 17.4. The zero-order valence-electron chi connectivity index (χ0n) is 14.7. The minimum absolute atomic E-state index is 0.208. The minimum atomic E-state index is -0.445. The van der Waals surface area contributed by atoms with E-state index in [0.29, 0.717) is 21.4 Å². The van der Waals surface area contributed by atoms with Crippen molar-refractivity contribution in [1.82, 2.24) is 19.7 Å². The number of amides is 1. The number of fused-ring (bicyclic) bond motifs is 1. The van der Waals surface area contributed by atoms with Crippen LogP contribution in [0, 0.1) is 6.92 Å². The first-order valence-corrected chi connectivity index (χ1v) is 9.63. The van der Waals surface area contributed by atoms with E-state index in [4.69, 9.17) is 0 Å². The maximum absolute atomic E-state index is 12.6. The van der Waals surface area contributed by atoms with Crippen LogP contribution in [0.1, 0.15) is 25.9 Å². The number of hydrogen-bond acceptors (Lipinski definition) is 7. The molecule has 4 aromatic rings. The number of thiazole rings is 1. The monoisotopic (exact) mass is 401 g/mol. The van der Waals surface area contributed by atoms with Gasteiger partial charge in [-0.1, -0.05) is 0 Å². The van der Waals surface area contributed by atoms with Crippen molar-refractivity contribution in [2.24, 2.45) is 7.05 Å². The molecule has 4 aromatic heterocycles. The van der Waals surface area contributed by atoms with E-state index in [1.54, 1.807) is 16.9 Å². The molecular weight excluding hydrogens is 386 g/mol. The Balaban J connectivity index is 1.53. The van der Waals surface area contributed by atoms with Crippen molar-refractivity contribution in [3.8, 4) is 11.3 Å². The smallest absolute Gasteiger partial charge is 0.354 e. The van der Waals surface area contributed by atoms with Crippen molar-refractivity contribution >= 4 is 49.9 Å². The molecule has 0 saturated carbocycles. The predicted molar refractivity (Wildman–Crippen MR) is 105 cm³/mol. The fraction of sp³-hybridized carbons (Fsp3) is 0.176. The number of ether oxygens (including phenoxy) is 1. The van der Waals surface area contributed by atoms with Crippen molar-refractivity contribution < 1.29 is 14.3 Å². The van der Waals surface area contributed by atoms with Gasteiger partial charge in [0.05, 0.1) is 23.4 Å². The second-order valence-corrected chi connectivity index (χ2v) is 7.71. The van der Waals surface area contributed by atoms with E-state index in [9.17, 15) is 9.59 Å².